The fourth-order valence-electron chi connectivity index (χ4n) is 1.04. The molecule has 0 atom stereocenters. The molecule has 0 saturated heterocycles. The van der Waals surface area contributed by atoms with E-state index in [1.54, 1.807) is 13.8 Å². The minimum absolute atomic E-state index is 0.0259. The van der Waals surface area contributed by atoms with Crippen LogP contribution in [0.5, 0.6) is 0 Å². The van der Waals surface area contributed by atoms with Crippen LogP contribution >= 0.6 is 0 Å². The Kier molecular flexibility index (Phi) is 3.38. The highest BCUT2D eigenvalue weighted by Crippen LogP contribution is 2.14. The number of anilines is 1. The standard InChI is InChI=1S/C10H12N2O3/c1-3-9(13)12-8-5-11-7(10(14)15)4-6(8)2/h4-5H,3H2,1-2H3,(H,12,13)(H,14,15). The summed E-state index contributed by atoms with van der Waals surface area (Å²) in [7, 11) is 0. The third-order valence-corrected chi connectivity index (χ3v) is 1.93. The third-order valence-electron chi connectivity index (χ3n) is 1.93. The van der Waals surface area contributed by atoms with Crippen molar-refractivity contribution >= 4 is 17.6 Å². The van der Waals surface area contributed by atoms with E-state index in [1.165, 1.54) is 12.3 Å². The van der Waals surface area contributed by atoms with Crippen LogP contribution in [0.25, 0.3) is 0 Å². The van der Waals surface area contributed by atoms with Crippen LogP contribution in [0, 0.1) is 6.92 Å². The van der Waals surface area contributed by atoms with Gasteiger partial charge in [0.25, 0.3) is 0 Å². The first-order valence-corrected chi connectivity index (χ1v) is 4.54. The number of carbonyl (C=O) groups excluding carboxylic acids is 1. The van der Waals surface area contributed by atoms with Gasteiger partial charge in [-0.1, -0.05) is 6.92 Å². The molecule has 0 aliphatic rings. The molecule has 0 radical (unpaired) electrons. The summed E-state index contributed by atoms with van der Waals surface area (Å²) in [5.41, 5.74) is 1.21. The molecule has 0 spiro atoms. The van der Waals surface area contributed by atoms with Crippen molar-refractivity contribution in [2.24, 2.45) is 0 Å². The van der Waals surface area contributed by atoms with Crippen LogP contribution in [0.2, 0.25) is 0 Å². The minimum atomic E-state index is -1.08. The van der Waals surface area contributed by atoms with Gasteiger partial charge in [-0.25, -0.2) is 9.78 Å². The van der Waals surface area contributed by atoms with Crippen molar-refractivity contribution in [1.82, 2.24) is 4.98 Å². The molecule has 0 unspecified atom stereocenters. The van der Waals surface area contributed by atoms with Gasteiger partial charge in [0.2, 0.25) is 5.91 Å². The Morgan fingerprint density at radius 1 is 1.53 bits per heavy atom. The van der Waals surface area contributed by atoms with Gasteiger partial charge in [0.15, 0.2) is 0 Å². The summed E-state index contributed by atoms with van der Waals surface area (Å²) in [5, 5.41) is 11.3. The average Bonchev–Trinajstić information content (AvgIpc) is 2.20. The minimum Gasteiger partial charge on any atom is -0.477 e. The maximum atomic E-state index is 11.1. The van der Waals surface area contributed by atoms with Crippen molar-refractivity contribution < 1.29 is 14.7 Å². The molecule has 0 bridgehead atoms. The van der Waals surface area contributed by atoms with E-state index in [1.807, 2.05) is 0 Å². The topological polar surface area (TPSA) is 79.3 Å². The predicted molar refractivity (Wildman–Crippen MR) is 54.9 cm³/mol. The summed E-state index contributed by atoms with van der Waals surface area (Å²) in [5.74, 6) is -1.20. The molecule has 1 aromatic rings. The Morgan fingerprint density at radius 3 is 2.67 bits per heavy atom. The van der Waals surface area contributed by atoms with Crippen LogP contribution in [0.15, 0.2) is 12.3 Å². The molecular formula is C10H12N2O3. The third kappa shape index (κ3) is 2.77. The Morgan fingerprint density at radius 2 is 2.20 bits per heavy atom. The molecule has 2 N–H and O–H groups in total. The zero-order valence-electron chi connectivity index (χ0n) is 8.57. The molecule has 80 valence electrons. The van der Waals surface area contributed by atoms with Crippen LogP contribution in [0.3, 0.4) is 0 Å². The van der Waals surface area contributed by atoms with Gasteiger partial charge < -0.3 is 10.4 Å². The molecule has 0 aliphatic carbocycles. The summed E-state index contributed by atoms with van der Waals surface area (Å²) >= 11 is 0. The van der Waals surface area contributed by atoms with Crippen LogP contribution < -0.4 is 5.32 Å². The van der Waals surface area contributed by atoms with Crippen molar-refractivity contribution in [3.63, 3.8) is 0 Å². The first-order chi connectivity index (χ1) is 7.04. The lowest BCUT2D eigenvalue weighted by atomic mass is 10.2. The van der Waals surface area contributed by atoms with E-state index >= 15 is 0 Å². The number of nitrogens with zero attached hydrogens (tertiary/aromatic N) is 1. The van der Waals surface area contributed by atoms with Gasteiger partial charge in [0, 0.05) is 6.42 Å². The second kappa shape index (κ2) is 4.54. The van der Waals surface area contributed by atoms with Gasteiger partial charge >= 0.3 is 5.97 Å². The van der Waals surface area contributed by atoms with E-state index in [0.29, 0.717) is 17.7 Å². The smallest absolute Gasteiger partial charge is 0.354 e. The van der Waals surface area contributed by atoms with Crippen molar-refractivity contribution in [2.75, 3.05) is 5.32 Å². The zero-order valence-corrected chi connectivity index (χ0v) is 8.57. The Labute approximate surface area is 87.1 Å². The van der Waals surface area contributed by atoms with Crippen LogP contribution in [0.4, 0.5) is 5.69 Å². The van der Waals surface area contributed by atoms with Crippen molar-refractivity contribution in [2.45, 2.75) is 20.3 Å². The molecule has 1 rings (SSSR count). The lowest BCUT2D eigenvalue weighted by Gasteiger charge is -2.06. The average molecular weight is 208 g/mol. The molecule has 1 heterocycles. The molecule has 5 nitrogen and oxygen atoms in total. The SMILES string of the molecule is CCC(=O)Nc1cnc(C(=O)O)cc1C. The molecule has 1 amide bonds. The Hall–Kier alpha value is -1.91. The second-order valence-corrected chi connectivity index (χ2v) is 3.09. The van der Waals surface area contributed by atoms with Gasteiger partial charge in [0.05, 0.1) is 11.9 Å². The molecule has 0 saturated carbocycles. The summed E-state index contributed by atoms with van der Waals surface area (Å²) in [6.45, 7) is 3.46. The molecule has 1 aromatic heterocycles. The molecular weight excluding hydrogens is 196 g/mol. The molecule has 0 aromatic carbocycles. The summed E-state index contributed by atoms with van der Waals surface area (Å²) in [4.78, 5) is 25.4. The number of nitrogens with one attached hydrogen (secondary N) is 1. The van der Waals surface area contributed by atoms with Crippen LogP contribution in [0.1, 0.15) is 29.4 Å². The first-order valence-electron chi connectivity index (χ1n) is 4.54. The number of aromatic carboxylic acids is 1. The maximum Gasteiger partial charge on any atom is 0.354 e. The fraction of sp³-hybridized carbons (Fsp3) is 0.300. The van der Waals surface area contributed by atoms with E-state index in [2.05, 4.69) is 10.3 Å². The molecule has 15 heavy (non-hydrogen) atoms. The van der Waals surface area contributed by atoms with E-state index in [-0.39, 0.29) is 11.6 Å². The van der Waals surface area contributed by atoms with Crippen LogP contribution in [-0.2, 0) is 4.79 Å². The van der Waals surface area contributed by atoms with Gasteiger partial charge in [0.1, 0.15) is 5.69 Å². The molecule has 0 fully saturated rings. The largest absolute Gasteiger partial charge is 0.477 e. The number of amides is 1. The summed E-state index contributed by atoms with van der Waals surface area (Å²) in [6, 6.07) is 1.42. The quantitative estimate of drug-likeness (QED) is 0.787. The monoisotopic (exact) mass is 208 g/mol. The molecule has 5 heteroatoms. The van der Waals surface area contributed by atoms with E-state index in [9.17, 15) is 9.59 Å². The zero-order chi connectivity index (χ0) is 11.4. The van der Waals surface area contributed by atoms with Gasteiger partial charge in [-0.05, 0) is 18.6 Å². The van der Waals surface area contributed by atoms with Gasteiger partial charge in [-0.15, -0.1) is 0 Å². The number of aromatic nitrogens is 1. The fourth-order valence-corrected chi connectivity index (χ4v) is 1.04. The van der Waals surface area contributed by atoms with E-state index in [4.69, 9.17) is 5.11 Å². The first kappa shape index (κ1) is 11.2. The van der Waals surface area contributed by atoms with Gasteiger partial charge in [-0.3, -0.25) is 4.79 Å². The van der Waals surface area contributed by atoms with Crippen LogP contribution in [-0.4, -0.2) is 22.0 Å². The van der Waals surface area contributed by atoms with Crippen molar-refractivity contribution in [1.29, 1.82) is 0 Å². The number of carbonyl (C=O) groups is 2. The van der Waals surface area contributed by atoms with Crippen molar-refractivity contribution in [3.05, 3.63) is 23.5 Å². The number of hydrogen-bond donors (Lipinski definition) is 2. The lowest BCUT2D eigenvalue weighted by molar-refractivity contribution is -0.115. The number of pyridine rings is 1. The highest BCUT2D eigenvalue weighted by Gasteiger charge is 2.08. The highest BCUT2D eigenvalue weighted by molar-refractivity contribution is 5.92. The second-order valence-electron chi connectivity index (χ2n) is 3.09. The molecule has 0 aliphatic heterocycles. The Bertz CT molecular complexity index is 402. The summed E-state index contributed by atoms with van der Waals surface area (Å²) < 4.78 is 0. The number of rotatable bonds is 3. The number of hydrogen-bond acceptors (Lipinski definition) is 3. The van der Waals surface area contributed by atoms with Gasteiger partial charge in [-0.2, -0.15) is 0 Å². The highest BCUT2D eigenvalue weighted by atomic mass is 16.4. The number of aryl methyl sites for hydroxylation is 1. The lowest BCUT2D eigenvalue weighted by Crippen LogP contribution is -2.12. The predicted octanol–water partition coefficient (Wildman–Crippen LogP) is 1.44. The number of carboxylic acids is 1. The maximum absolute atomic E-state index is 11.1. The van der Waals surface area contributed by atoms with Crippen molar-refractivity contribution in [3.8, 4) is 0 Å². The number of carboxylic acid groups (broad SMARTS) is 1. The Balaban J connectivity index is 2.93. The summed E-state index contributed by atoms with van der Waals surface area (Å²) in [6.07, 6.45) is 1.73. The normalized spacial score (nSPS) is 9.73. The van der Waals surface area contributed by atoms with E-state index < -0.39 is 5.97 Å². The van der Waals surface area contributed by atoms with E-state index in [0.717, 1.165) is 0 Å².